The molecule has 14 heteroatoms. The van der Waals surface area contributed by atoms with Gasteiger partial charge in [-0.05, 0) is 25.7 Å². The third-order valence-corrected chi connectivity index (χ3v) is 4.61. The highest BCUT2D eigenvalue weighted by atomic mass is 16.4. The first-order valence-electron chi connectivity index (χ1n) is 10.2. The minimum Gasteiger partial charge on any atom is -0.481 e. The molecule has 0 bridgehead atoms. The van der Waals surface area contributed by atoms with Crippen LogP contribution in [-0.4, -0.2) is 81.2 Å². The largest absolute Gasteiger partial charge is 0.481 e. The summed E-state index contributed by atoms with van der Waals surface area (Å²) < 4.78 is 0. The normalized spacial score (nSPS) is 15.5. The van der Waals surface area contributed by atoms with Gasteiger partial charge in [-0.15, -0.1) is 0 Å². The van der Waals surface area contributed by atoms with Crippen LogP contribution >= 0.6 is 0 Å². The van der Waals surface area contributed by atoms with Crippen molar-refractivity contribution >= 4 is 35.6 Å². The van der Waals surface area contributed by atoms with E-state index in [0.717, 1.165) is 0 Å². The highest BCUT2D eigenvalue weighted by molar-refractivity contribution is 5.94. The molecule has 0 aliphatic heterocycles. The maximum absolute atomic E-state index is 12.7. The van der Waals surface area contributed by atoms with Crippen LogP contribution in [0.1, 0.15) is 46.5 Å². The van der Waals surface area contributed by atoms with Gasteiger partial charge in [0.1, 0.15) is 18.1 Å². The number of nitrogens with two attached hydrogens (primary N) is 2. The van der Waals surface area contributed by atoms with Gasteiger partial charge in [0, 0.05) is 12.8 Å². The Morgan fingerprint density at radius 3 is 1.73 bits per heavy atom. The van der Waals surface area contributed by atoms with E-state index in [1.165, 1.54) is 6.92 Å². The van der Waals surface area contributed by atoms with Gasteiger partial charge < -0.3 is 42.7 Å². The molecule has 0 aromatic carbocycles. The van der Waals surface area contributed by atoms with E-state index in [1.807, 2.05) is 0 Å². The number of aliphatic hydroxyl groups is 1. The van der Waals surface area contributed by atoms with Crippen molar-refractivity contribution in [1.82, 2.24) is 16.0 Å². The first kappa shape index (κ1) is 29.7. The average molecular weight is 475 g/mol. The summed E-state index contributed by atoms with van der Waals surface area (Å²) >= 11 is 0. The second kappa shape index (κ2) is 14.0. The fraction of sp³-hybridized carbons (Fsp3) is 0.684. The predicted octanol–water partition coefficient (Wildman–Crippen LogP) is -2.98. The third-order valence-electron chi connectivity index (χ3n) is 4.61. The molecule has 0 rings (SSSR count). The summed E-state index contributed by atoms with van der Waals surface area (Å²) in [5, 5.41) is 34.6. The smallest absolute Gasteiger partial charge is 0.326 e. The van der Waals surface area contributed by atoms with Crippen molar-refractivity contribution in [2.75, 3.05) is 0 Å². The molecular weight excluding hydrogens is 442 g/mol. The van der Waals surface area contributed by atoms with Crippen molar-refractivity contribution in [3.8, 4) is 0 Å². The number of rotatable bonds is 15. The number of aliphatic carboxylic acids is 2. The number of carboxylic acid groups (broad SMARTS) is 2. The Kier molecular flexibility index (Phi) is 12.6. The Hall–Kier alpha value is -3.26. The second-order valence-corrected chi connectivity index (χ2v) is 7.90. The highest BCUT2D eigenvalue weighted by Gasteiger charge is 2.33. The molecule has 0 aromatic rings. The summed E-state index contributed by atoms with van der Waals surface area (Å²) in [7, 11) is 0. The number of carboxylic acids is 2. The summed E-state index contributed by atoms with van der Waals surface area (Å²) in [5.74, 6) is -6.51. The summed E-state index contributed by atoms with van der Waals surface area (Å²) in [4.78, 5) is 70.3. The molecule has 0 heterocycles. The van der Waals surface area contributed by atoms with Crippen LogP contribution < -0.4 is 27.4 Å². The van der Waals surface area contributed by atoms with E-state index < -0.39 is 84.6 Å². The van der Waals surface area contributed by atoms with E-state index in [9.17, 15) is 39.0 Å². The van der Waals surface area contributed by atoms with E-state index in [0.29, 0.717) is 0 Å². The molecule has 0 radical (unpaired) electrons. The van der Waals surface area contributed by atoms with E-state index in [4.69, 9.17) is 16.6 Å². The lowest BCUT2D eigenvalue weighted by Crippen LogP contribution is -2.60. The molecule has 0 saturated heterocycles. The van der Waals surface area contributed by atoms with Crippen LogP contribution in [0.3, 0.4) is 0 Å². The minimum atomic E-state index is -1.59. The second-order valence-electron chi connectivity index (χ2n) is 7.90. The van der Waals surface area contributed by atoms with Gasteiger partial charge in [-0.3, -0.25) is 24.0 Å². The molecule has 0 saturated carbocycles. The number of hydrogen-bond donors (Lipinski definition) is 8. The number of carbonyl (C=O) groups is 6. The number of nitrogens with one attached hydrogen (secondary N) is 3. The fourth-order valence-electron chi connectivity index (χ4n) is 2.66. The molecule has 33 heavy (non-hydrogen) atoms. The molecule has 0 aliphatic rings. The first-order chi connectivity index (χ1) is 15.2. The molecule has 0 aromatic heterocycles. The van der Waals surface area contributed by atoms with E-state index in [1.54, 1.807) is 13.8 Å². The van der Waals surface area contributed by atoms with Crippen molar-refractivity contribution in [2.24, 2.45) is 17.4 Å². The Morgan fingerprint density at radius 1 is 0.788 bits per heavy atom. The Morgan fingerprint density at radius 2 is 1.30 bits per heavy atom. The zero-order chi connectivity index (χ0) is 25.9. The molecule has 188 valence electrons. The monoisotopic (exact) mass is 475 g/mol. The van der Waals surface area contributed by atoms with Crippen LogP contribution in [0.25, 0.3) is 0 Å². The van der Waals surface area contributed by atoms with Gasteiger partial charge in [-0.25, -0.2) is 4.79 Å². The number of amides is 4. The van der Waals surface area contributed by atoms with Gasteiger partial charge in [0.15, 0.2) is 0 Å². The molecule has 0 fully saturated rings. The summed E-state index contributed by atoms with van der Waals surface area (Å²) in [6.45, 7) is 4.38. The van der Waals surface area contributed by atoms with Crippen molar-refractivity contribution in [2.45, 2.75) is 76.7 Å². The molecule has 0 spiro atoms. The minimum absolute atomic E-state index is 0.0424. The molecule has 14 nitrogen and oxygen atoms in total. The number of carbonyl (C=O) groups excluding carboxylic acids is 4. The van der Waals surface area contributed by atoms with E-state index in [-0.39, 0.29) is 12.8 Å². The van der Waals surface area contributed by atoms with Crippen LogP contribution in [0.4, 0.5) is 0 Å². The molecule has 4 amide bonds. The highest BCUT2D eigenvalue weighted by Crippen LogP contribution is 2.06. The van der Waals surface area contributed by atoms with Gasteiger partial charge in [-0.2, -0.15) is 0 Å². The van der Waals surface area contributed by atoms with Crippen molar-refractivity contribution in [1.29, 1.82) is 0 Å². The lowest BCUT2D eigenvalue weighted by molar-refractivity contribution is -0.144. The van der Waals surface area contributed by atoms with Gasteiger partial charge in [-0.1, -0.05) is 13.8 Å². The van der Waals surface area contributed by atoms with Gasteiger partial charge >= 0.3 is 11.9 Å². The summed E-state index contributed by atoms with van der Waals surface area (Å²) in [5.41, 5.74) is 10.7. The number of hydrogen-bond acceptors (Lipinski definition) is 8. The van der Waals surface area contributed by atoms with Crippen molar-refractivity contribution < 1.29 is 44.1 Å². The standard InChI is InChI=1S/C19H33N5O9/c1-8(2)14(23-16(29)10(20)4-6-12(21)26)17(30)24-15(9(3)25)18(31)22-11(19(32)33)5-7-13(27)28/h8-11,14-15,25H,4-7,20H2,1-3H3,(H2,21,26)(H,22,31)(H,23,29)(H,24,30)(H,27,28)(H,32,33). The van der Waals surface area contributed by atoms with Crippen molar-refractivity contribution in [3.63, 3.8) is 0 Å². The molecule has 5 unspecified atom stereocenters. The zero-order valence-corrected chi connectivity index (χ0v) is 18.7. The van der Waals surface area contributed by atoms with Crippen LogP contribution in [0.5, 0.6) is 0 Å². The zero-order valence-electron chi connectivity index (χ0n) is 18.7. The number of primary amides is 1. The third kappa shape index (κ3) is 11.2. The fourth-order valence-corrected chi connectivity index (χ4v) is 2.66. The van der Waals surface area contributed by atoms with E-state index in [2.05, 4.69) is 16.0 Å². The first-order valence-corrected chi connectivity index (χ1v) is 10.2. The van der Waals surface area contributed by atoms with Crippen LogP contribution in [0.15, 0.2) is 0 Å². The predicted molar refractivity (Wildman–Crippen MR) is 113 cm³/mol. The summed E-state index contributed by atoms with van der Waals surface area (Å²) in [6, 6.07) is -5.44. The van der Waals surface area contributed by atoms with Crippen LogP contribution in [0.2, 0.25) is 0 Å². The lowest BCUT2D eigenvalue weighted by Gasteiger charge is -2.28. The van der Waals surface area contributed by atoms with Gasteiger partial charge in [0.25, 0.3) is 0 Å². The SMILES string of the molecule is CC(C)C(NC(=O)C(N)CCC(N)=O)C(=O)NC(C(=O)NC(CCC(=O)O)C(=O)O)C(C)O. The number of aliphatic hydroxyl groups excluding tert-OH is 1. The maximum Gasteiger partial charge on any atom is 0.326 e. The topological polar surface area (TPSA) is 251 Å². The lowest BCUT2D eigenvalue weighted by atomic mass is 10.0. The average Bonchev–Trinajstić information content (AvgIpc) is 2.69. The molecule has 10 N–H and O–H groups in total. The summed E-state index contributed by atoms with van der Waals surface area (Å²) in [6.07, 6.45) is -2.57. The quantitative estimate of drug-likeness (QED) is 0.119. The van der Waals surface area contributed by atoms with E-state index >= 15 is 0 Å². The Bertz CT molecular complexity index is 741. The van der Waals surface area contributed by atoms with Gasteiger partial charge in [0.05, 0.1) is 12.1 Å². The van der Waals surface area contributed by atoms with Gasteiger partial charge in [0.2, 0.25) is 23.6 Å². The Balaban J connectivity index is 5.32. The molecule has 5 atom stereocenters. The van der Waals surface area contributed by atoms with Crippen LogP contribution in [-0.2, 0) is 28.8 Å². The molecule has 0 aliphatic carbocycles. The maximum atomic E-state index is 12.7. The van der Waals surface area contributed by atoms with Crippen molar-refractivity contribution in [3.05, 3.63) is 0 Å². The van der Waals surface area contributed by atoms with Crippen LogP contribution in [0, 0.1) is 5.92 Å². The molecular formula is C19H33N5O9. The Labute approximate surface area is 190 Å².